The van der Waals surface area contributed by atoms with Crippen LogP contribution in [0.15, 0.2) is 48.8 Å². The van der Waals surface area contributed by atoms with Crippen LogP contribution in [-0.4, -0.2) is 9.97 Å². The number of fused-ring (bicyclic) bond motifs is 3. The van der Waals surface area contributed by atoms with Crippen LogP contribution in [0, 0.1) is 0 Å². The van der Waals surface area contributed by atoms with Crippen molar-refractivity contribution in [3.63, 3.8) is 0 Å². The number of aromatic nitrogens is 2. The van der Waals surface area contributed by atoms with Gasteiger partial charge in [0.2, 0.25) is 0 Å². The number of hydrogen-bond donors (Lipinski definition) is 0. The van der Waals surface area contributed by atoms with E-state index >= 15 is 0 Å². The predicted molar refractivity (Wildman–Crippen MR) is 64.3 cm³/mol. The van der Waals surface area contributed by atoms with Crippen LogP contribution in [0.25, 0.3) is 21.8 Å². The van der Waals surface area contributed by atoms with E-state index in [1.807, 2.05) is 12.1 Å². The molecular formula is C12H9ClN2Re. The average Bonchev–Trinajstić information content (AvgIpc) is 2.29. The second kappa shape index (κ2) is 5.36. The molecule has 3 rings (SSSR count). The molecule has 0 unspecified atom stereocenters. The van der Waals surface area contributed by atoms with Gasteiger partial charge in [0.05, 0.1) is 11.0 Å². The minimum atomic E-state index is 0. The third kappa shape index (κ3) is 2.08. The van der Waals surface area contributed by atoms with Gasteiger partial charge in [-0.15, -0.1) is 12.4 Å². The largest absolute Gasteiger partial charge is 0.254 e. The average molecular weight is 403 g/mol. The summed E-state index contributed by atoms with van der Waals surface area (Å²) in [5.41, 5.74) is 1.95. The maximum atomic E-state index is 4.35. The first kappa shape index (κ1) is 13.1. The van der Waals surface area contributed by atoms with Crippen LogP contribution in [-0.2, 0) is 20.4 Å². The van der Waals surface area contributed by atoms with E-state index in [9.17, 15) is 0 Å². The molecule has 2 aromatic heterocycles. The zero-order chi connectivity index (χ0) is 9.38. The van der Waals surface area contributed by atoms with Crippen molar-refractivity contribution in [1.29, 1.82) is 0 Å². The summed E-state index contributed by atoms with van der Waals surface area (Å²) in [6.45, 7) is 0. The molecule has 0 fully saturated rings. The van der Waals surface area contributed by atoms with E-state index in [-0.39, 0.29) is 32.8 Å². The van der Waals surface area contributed by atoms with E-state index in [1.54, 1.807) is 12.4 Å². The van der Waals surface area contributed by atoms with E-state index < -0.39 is 0 Å². The topological polar surface area (TPSA) is 25.8 Å². The van der Waals surface area contributed by atoms with Gasteiger partial charge >= 0.3 is 0 Å². The summed E-state index contributed by atoms with van der Waals surface area (Å²) in [5, 5.41) is 2.28. The van der Waals surface area contributed by atoms with Gasteiger partial charge in [-0.05, 0) is 12.1 Å². The molecule has 0 N–H and O–H groups in total. The Morgan fingerprint density at radius 2 is 1.12 bits per heavy atom. The fourth-order valence-electron chi connectivity index (χ4n) is 1.68. The van der Waals surface area contributed by atoms with Gasteiger partial charge in [0.15, 0.2) is 0 Å². The molecule has 16 heavy (non-hydrogen) atoms. The third-order valence-corrected chi connectivity index (χ3v) is 2.34. The molecule has 0 saturated carbocycles. The normalized spacial score (nSPS) is 9.50. The second-order valence-electron chi connectivity index (χ2n) is 3.22. The molecule has 0 amide bonds. The Morgan fingerprint density at radius 1 is 0.688 bits per heavy atom. The molecule has 1 aromatic carbocycles. The minimum absolute atomic E-state index is 0. The minimum Gasteiger partial charge on any atom is -0.254 e. The molecule has 3 aromatic rings. The third-order valence-electron chi connectivity index (χ3n) is 2.34. The van der Waals surface area contributed by atoms with E-state index in [4.69, 9.17) is 0 Å². The fraction of sp³-hybridized carbons (Fsp3) is 0. The number of halogens is 1. The van der Waals surface area contributed by atoms with E-state index in [0.29, 0.717) is 0 Å². The number of pyridine rings is 2. The molecule has 0 aliphatic heterocycles. The van der Waals surface area contributed by atoms with Crippen LogP contribution in [0.2, 0.25) is 0 Å². The van der Waals surface area contributed by atoms with Gasteiger partial charge in [-0.1, -0.05) is 24.3 Å². The van der Waals surface area contributed by atoms with Gasteiger partial charge in [-0.3, -0.25) is 9.97 Å². The Hall–Kier alpha value is -1.01. The molecule has 2 nitrogen and oxygen atoms in total. The van der Waals surface area contributed by atoms with Crippen LogP contribution in [0.3, 0.4) is 0 Å². The fourth-order valence-corrected chi connectivity index (χ4v) is 1.68. The number of rotatable bonds is 0. The smallest absolute Gasteiger partial charge is 0.0964 e. The zero-order valence-corrected chi connectivity index (χ0v) is 11.8. The van der Waals surface area contributed by atoms with Crippen molar-refractivity contribution >= 4 is 34.2 Å². The summed E-state index contributed by atoms with van der Waals surface area (Å²) in [4.78, 5) is 8.69. The number of nitrogens with zero attached hydrogens (tertiary/aromatic N) is 2. The Labute approximate surface area is 113 Å². The first-order valence-electron chi connectivity index (χ1n) is 4.53. The molecule has 0 bridgehead atoms. The van der Waals surface area contributed by atoms with E-state index in [0.717, 1.165) is 21.8 Å². The van der Waals surface area contributed by atoms with Crippen LogP contribution in [0.1, 0.15) is 0 Å². The SMILES string of the molecule is Cl.[Re].c1cnc2c(c1)ccc1cccnc12. The predicted octanol–water partition coefficient (Wildman–Crippen LogP) is 3.20. The Bertz CT molecular complexity index is 558. The van der Waals surface area contributed by atoms with Crippen LogP contribution < -0.4 is 0 Å². The second-order valence-corrected chi connectivity index (χ2v) is 3.22. The van der Waals surface area contributed by atoms with Crippen LogP contribution in [0.4, 0.5) is 0 Å². The standard InChI is InChI=1S/C12H8N2.ClH.Re/c1-3-9-5-6-10-4-2-8-14-12(10)11(9)13-7-1;;/h1-8H;1H;. The summed E-state index contributed by atoms with van der Waals surface area (Å²) < 4.78 is 0. The molecule has 0 aliphatic carbocycles. The van der Waals surface area contributed by atoms with E-state index in [1.165, 1.54) is 0 Å². The molecule has 1 radical (unpaired) electrons. The number of hydrogen-bond acceptors (Lipinski definition) is 2. The van der Waals surface area contributed by atoms with Crippen molar-refractivity contribution in [2.45, 2.75) is 0 Å². The molecule has 4 heteroatoms. The monoisotopic (exact) mass is 403 g/mol. The van der Waals surface area contributed by atoms with Crippen molar-refractivity contribution in [2.75, 3.05) is 0 Å². The van der Waals surface area contributed by atoms with Crippen molar-refractivity contribution in [2.24, 2.45) is 0 Å². The molecule has 0 aliphatic rings. The Morgan fingerprint density at radius 3 is 1.56 bits per heavy atom. The van der Waals surface area contributed by atoms with Crippen LogP contribution in [0.5, 0.6) is 0 Å². The molecule has 81 valence electrons. The first-order chi connectivity index (χ1) is 6.95. The van der Waals surface area contributed by atoms with E-state index in [2.05, 4.69) is 34.2 Å². The summed E-state index contributed by atoms with van der Waals surface area (Å²) in [5.74, 6) is 0. The van der Waals surface area contributed by atoms with Gasteiger partial charge in [0.25, 0.3) is 0 Å². The molecule has 2 heterocycles. The van der Waals surface area contributed by atoms with Gasteiger partial charge in [0.1, 0.15) is 0 Å². The summed E-state index contributed by atoms with van der Waals surface area (Å²) in [6.07, 6.45) is 3.60. The quantitative estimate of drug-likeness (QED) is 0.540. The maximum Gasteiger partial charge on any atom is 0.0964 e. The van der Waals surface area contributed by atoms with Gasteiger partial charge in [-0.2, -0.15) is 0 Å². The van der Waals surface area contributed by atoms with Gasteiger partial charge in [0, 0.05) is 43.6 Å². The Kier molecular flexibility index (Phi) is 4.37. The summed E-state index contributed by atoms with van der Waals surface area (Å²) in [7, 11) is 0. The zero-order valence-electron chi connectivity index (χ0n) is 8.30. The molecular weight excluding hydrogens is 394 g/mol. The van der Waals surface area contributed by atoms with Crippen molar-refractivity contribution in [1.82, 2.24) is 9.97 Å². The van der Waals surface area contributed by atoms with Crippen molar-refractivity contribution in [3.05, 3.63) is 48.8 Å². The maximum absolute atomic E-state index is 4.35. The summed E-state index contributed by atoms with van der Waals surface area (Å²) >= 11 is 0. The van der Waals surface area contributed by atoms with Gasteiger partial charge < -0.3 is 0 Å². The molecule has 0 atom stereocenters. The van der Waals surface area contributed by atoms with Gasteiger partial charge in [-0.25, -0.2) is 0 Å². The first-order valence-corrected chi connectivity index (χ1v) is 4.53. The molecule has 0 spiro atoms. The Balaban J connectivity index is 0.000000640. The molecule has 0 saturated heterocycles. The summed E-state index contributed by atoms with van der Waals surface area (Å²) in [6, 6.07) is 12.1. The van der Waals surface area contributed by atoms with Crippen molar-refractivity contribution in [3.8, 4) is 0 Å². The van der Waals surface area contributed by atoms with Crippen LogP contribution >= 0.6 is 12.4 Å². The van der Waals surface area contributed by atoms with Crippen molar-refractivity contribution < 1.29 is 20.4 Å². The number of benzene rings is 1.